The van der Waals surface area contributed by atoms with Crippen molar-refractivity contribution in [3.63, 3.8) is 0 Å². The fraction of sp³-hybridized carbons (Fsp3) is 0.474. The Hall–Kier alpha value is -2.92. The Balaban J connectivity index is 2.02. The minimum Gasteiger partial charge on any atom is -0.461 e. The third-order valence-electron chi connectivity index (χ3n) is 4.61. The lowest BCUT2D eigenvalue weighted by Crippen LogP contribution is -2.32. The average molecular weight is 458 g/mol. The first-order valence-electron chi connectivity index (χ1n) is 9.71. The van der Waals surface area contributed by atoms with Gasteiger partial charge < -0.3 is 14.2 Å². The molecule has 0 spiro atoms. The Morgan fingerprint density at radius 2 is 1.71 bits per heavy atom. The predicted octanol–water partition coefficient (Wildman–Crippen LogP) is 1.47. The molecular weight excluding hydrogens is 437 g/mol. The van der Waals surface area contributed by atoms with Crippen LogP contribution in [0, 0.1) is 5.82 Å². The van der Waals surface area contributed by atoms with E-state index in [2.05, 4.69) is 0 Å². The second-order valence-electron chi connectivity index (χ2n) is 6.58. The SMILES string of the molecule is CCOC(=O)C(OCC)OC(=O)c1cc(-n2c(=O)n3n(c2=O)CCCC3)c(F)cc1Cl. The zero-order valence-electron chi connectivity index (χ0n) is 16.9. The molecule has 3 rings (SSSR count). The van der Waals surface area contributed by atoms with E-state index in [9.17, 15) is 23.6 Å². The van der Waals surface area contributed by atoms with Crippen molar-refractivity contribution in [2.45, 2.75) is 46.1 Å². The van der Waals surface area contributed by atoms with Gasteiger partial charge in [0.2, 0.25) is 0 Å². The fourth-order valence-electron chi connectivity index (χ4n) is 3.22. The molecule has 1 atom stereocenters. The van der Waals surface area contributed by atoms with Gasteiger partial charge in [-0.25, -0.2) is 37.5 Å². The highest BCUT2D eigenvalue weighted by Gasteiger charge is 2.28. The molecule has 168 valence electrons. The van der Waals surface area contributed by atoms with Crippen molar-refractivity contribution in [3.8, 4) is 5.69 Å². The molecule has 0 radical (unpaired) electrons. The predicted molar refractivity (Wildman–Crippen MR) is 106 cm³/mol. The normalized spacial score (nSPS) is 14.1. The molecule has 1 aromatic heterocycles. The number of carbonyl (C=O) groups is 2. The fourth-order valence-corrected chi connectivity index (χ4v) is 3.45. The van der Waals surface area contributed by atoms with E-state index in [0.717, 1.165) is 12.1 Å². The highest BCUT2D eigenvalue weighted by molar-refractivity contribution is 6.33. The van der Waals surface area contributed by atoms with Crippen LogP contribution in [-0.4, -0.2) is 45.4 Å². The van der Waals surface area contributed by atoms with E-state index in [1.165, 1.54) is 9.36 Å². The number of hydrogen-bond acceptors (Lipinski definition) is 7. The number of nitrogens with zero attached hydrogens (tertiary/aromatic N) is 3. The number of rotatable bonds is 7. The van der Waals surface area contributed by atoms with Crippen LogP contribution in [0.3, 0.4) is 0 Å². The third kappa shape index (κ3) is 4.42. The summed E-state index contributed by atoms with van der Waals surface area (Å²) in [7, 11) is 0. The Labute approximate surface area is 180 Å². The molecule has 1 aliphatic heterocycles. The first-order valence-corrected chi connectivity index (χ1v) is 10.1. The molecule has 0 amide bonds. The van der Waals surface area contributed by atoms with Gasteiger partial charge in [-0.3, -0.25) is 0 Å². The molecule has 0 aliphatic carbocycles. The standard InChI is InChI=1S/C19H21ClFN3O7/c1-3-29-16(26)17(30-4-2)31-15(25)11-9-14(13(21)10-12(11)20)24-18(27)22-7-5-6-8-23(22)19(24)28/h9-10,17H,3-8H2,1-2H3. The lowest BCUT2D eigenvalue weighted by Gasteiger charge is -2.16. The van der Waals surface area contributed by atoms with Crippen LogP contribution in [0.15, 0.2) is 21.7 Å². The second-order valence-corrected chi connectivity index (χ2v) is 6.99. The molecule has 10 nitrogen and oxygen atoms in total. The molecule has 12 heteroatoms. The summed E-state index contributed by atoms with van der Waals surface area (Å²) in [6.07, 6.45) is -0.245. The molecule has 0 bridgehead atoms. The van der Waals surface area contributed by atoms with Gasteiger partial charge in [-0.15, -0.1) is 0 Å². The van der Waals surface area contributed by atoms with Gasteiger partial charge in [-0.1, -0.05) is 11.6 Å². The highest BCUT2D eigenvalue weighted by Crippen LogP contribution is 2.24. The first kappa shape index (κ1) is 22.8. The zero-order chi connectivity index (χ0) is 22.7. The van der Waals surface area contributed by atoms with Crippen molar-refractivity contribution in [1.82, 2.24) is 13.9 Å². The maximum absolute atomic E-state index is 14.7. The number of ether oxygens (including phenoxy) is 3. The molecule has 2 heterocycles. The third-order valence-corrected chi connectivity index (χ3v) is 4.93. The van der Waals surface area contributed by atoms with Crippen LogP contribution in [0.4, 0.5) is 4.39 Å². The van der Waals surface area contributed by atoms with E-state index in [0.29, 0.717) is 30.5 Å². The van der Waals surface area contributed by atoms with Gasteiger partial charge in [-0.2, -0.15) is 0 Å². The largest absolute Gasteiger partial charge is 0.461 e. The Morgan fingerprint density at radius 1 is 1.10 bits per heavy atom. The second kappa shape index (κ2) is 9.48. The van der Waals surface area contributed by atoms with Crippen LogP contribution < -0.4 is 11.4 Å². The van der Waals surface area contributed by atoms with Gasteiger partial charge in [-0.05, 0) is 38.8 Å². The average Bonchev–Trinajstić information content (AvgIpc) is 2.99. The molecule has 31 heavy (non-hydrogen) atoms. The lowest BCUT2D eigenvalue weighted by atomic mass is 10.2. The number of halogens is 2. The highest BCUT2D eigenvalue weighted by atomic mass is 35.5. The quantitative estimate of drug-likeness (QED) is 0.457. The first-order chi connectivity index (χ1) is 14.8. The summed E-state index contributed by atoms with van der Waals surface area (Å²) in [6, 6.07) is 1.73. The number of fused-ring (bicyclic) bond motifs is 1. The van der Waals surface area contributed by atoms with Crippen LogP contribution in [0.1, 0.15) is 37.0 Å². The van der Waals surface area contributed by atoms with Crippen molar-refractivity contribution in [1.29, 1.82) is 0 Å². The number of esters is 2. The summed E-state index contributed by atoms with van der Waals surface area (Å²) >= 11 is 5.99. The van der Waals surface area contributed by atoms with E-state index in [-0.39, 0.29) is 23.8 Å². The van der Waals surface area contributed by atoms with E-state index in [1.807, 2.05) is 0 Å². The van der Waals surface area contributed by atoms with Gasteiger partial charge >= 0.3 is 29.6 Å². The monoisotopic (exact) mass is 457 g/mol. The summed E-state index contributed by atoms with van der Waals surface area (Å²) in [5.74, 6) is -3.02. The Bertz CT molecular complexity index is 1080. The smallest absolute Gasteiger partial charge is 0.376 e. The van der Waals surface area contributed by atoms with E-state index in [1.54, 1.807) is 13.8 Å². The van der Waals surface area contributed by atoms with Crippen LogP contribution >= 0.6 is 11.6 Å². The summed E-state index contributed by atoms with van der Waals surface area (Å²) in [6.45, 7) is 3.87. The summed E-state index contributed by atoms with van der Waals surface area (Å²) < 4.78 is 32.6. The topological polar surface area (TPSA) is 111 Å². The minimum atomic E-state index is -1.66. The molecule has 1 aliphatic rings. The van der Waals surface area contributed by atoms with Crippen molar-refractivity contribution < 1.29 is 28.2 Å². The number of aromatic nitrogens is 3. The Kier molecular flexibility index (Phi) is 6.96. The van der Waals surface area contributed by atoms with E-state index in [4.69, 9.17) is 25.8 Å². The van der Waals surface area contributed by atoms with Gasteiger partial charge in [0.25, 0.3) is 0 Å². The van der Waals surface area contributed by atoms with Crippen LogP contribution in [0.25, 0.3) is 5.69 Å². The molecule has 0 fully saturated rings. The van der Waals surface area contributed by atoms with Gasteiger partial charge in [0.05, 0.1) is 22.9 Å². The van der Waals surface area contributed by atoms with Crippen LogP contribution in [0.5, 0.6) is 0 Å². The molecule has 0 saturated heterocycles. The van der Waals surface area contributed by atoms with Gasteiger partial charge in [0.1, 0.15) is 5.82 Å². The van der Waals surface area contributed by atoms with Crippen molar-refractivity contribution in [2.75, 3.05) is 13.2 Å². The number of carbonyl (C=O) groups excluding carboxylic acids is 2. The molecular formula is C19H21ClFN3O7. The van der Waals surface area contributed by atoms with Crippen molar-refractivity contribution in [3.05, 3.63) is 49.5 Å². The van der Waals surface area contributed by atoms with Crippen molar-refractivity contribution >= 4 is 23.5 Å². The molecule has 2 aromatic rings. The van der Waals surface area contributed by atoms with E-state index >= 15 is 0 Å². The lowest BCUT2D eigenvalue weighted by molar-refractivity contribution is -0.182. The van der Waals surface area contributed by atoms with E-state index < -0.39 is 41.1 Å². The summed E-state index contributed by atoms with van der Waals surface area (Å²) in [5, 5.41) is -0.331. The molecule has 1 unspecified atom stereocenters. The van der Waals surface area contributed by atoms with Crippen molar-refractivity contribution in [2.24, 2.45) is 0 Å². The zero-order valence-corrected chi connectivity index (χ0v) is 17.7. The van der Waals surface area contributed by atoms with Gasteiger partial charge in [0.15, 0.2) is 0 Å². The maximum atomic E-state index is 14.7. The molecule has 1 aromatic carbocycles. The number of hydrogen-bond donors (Lipinski definition) is 0. The van der Waals surface area contributed by atoms with Crippen LogP contribution in [0.2, 0.25) is 5.02 Å². The summed E-state index contributed by atoms with van der Waals surface area (Å²) in [5.41, 5.74) is -2.27. The maximum Gasteiger partial charge on any atom is 0.376 e. The Morgan fingerprint density at radius 3 is 2.26 bits per heavy atom. The molecule has 0 saturated carbocycles. The minimum absolute atomic E-state index is 0.0353. The number of benzene rings is 1. The summed E-state index contributed by atoms with van der Waals surface area (Å²) in [4.78, 5) is 49.9. The van der Waals surface area contributed by atoms with Crippen LogP contribution in [-0.2, 0) is 32.1 Å². The molecule has 0 N–H and O–H groups in total. The van der Waals surface area contributed by atoms with Gasteiger partial charge in [0, 0.05) is 19.7 Å².